The summed E-state index contributed by atoms with van der Waals surface area (Å²) in [6.45, 7) is 0. The lowest BCUT2D eigenvalue weighted by atomic mass is 9.82. The van der Waals surface area contributed by atoms with Gasteiger partial charge in [0.15, 0.2) is 0 Å². The summed E-state index contributed by atoms with van der Waals surface area (Å²) in [5.74, 6) is 0.777. The molecule has 0 radical (unpaired) electrons. The highest BCUT2D eigenvalue weighted by Gasteiger charge is 2.34. The average Bonchev–Trinajstić information content (AvgIpc) is 3.30. The lowest BCUT2D eigenvalue weighted by Gasteiger charge is -2.29. The first kappa shape index (κ1) is 13.1. The molecule has 20 heavy (non-hydrogen) atoms. The fraction of sp³-hybridized carbons (Fsp3) is 0.353. The van der Waals surface area contributed by atoms with Crippen LogP contribution in [0.4, 0.5) is 5.69 Å². The molecule has 3 N–H and O–H groups in total. The maximum absolute atomic E-state index is 11.3. The van der Waals surface area contributed by atoms with Crippen molar-refractivity contribution in [1.29, 1.82) is 0 Å². The van der Waals surface area contributed by atoms with Gasteiger partial charge in [-0.25, -0.2) is 0 Å². The number of hydrogen-bond donors (Lipinski definition) is 2. The molecule has 0 spiro atoms. The molecule has 0 unspecified atom stereocenters. The van der Waals surface area contributed by atoms with E-state index in [0.717, 1.165) is 23.5 Å². The molecule has 1 aliphatic carbocycles. The van der Waals surface area contributed by atoms with E-state index in [2.05, 4.69) is 4.98 Å². The Labute approximate surface area is 119 Å². The van der Waals surface area contributed by atoms with Crippen LogP contribution in [0.25, 0.3) is 0 Å². The number of anilines is 1. The second kappa shape index (κ2) is 5.25. The van der Waals surface area contributed by atoms with Gasteiger partial charge in [0, 0.05) is 23.6 Å². The molecule has 1 fully saturated rings. The van der Waals surface area contributed by atoms with Gasteiger partial charge in [-0.3, -0.25) is 4.98 Å². The molecule has 0 amide bonds. The zero-order chi connectivity index (χ0) is 14.0. The van der Waals surface area contributed by atoms with E-state index < -0.39 is 5.60 Å². The highest BCUT2D eigenvalue weighted by Crippen LogP contribution is 2.41. The molecule has 1 aromatic heterocycles. The number of pyridine rings is 1. The Morgan fingerprint density at radius 1 is 1.20 bits per heavy atom. The second-order valence-electron chi connectivity index (χ2n) is 5.71. The number of nitrogens with zero attached hydrogens (tertiary/aromatic N) is 1. The van der Waals surface area contributed by atoms with Crippen LogP contribution in [-0.2, 0) is 5.60 Å². The minimum Gasteiger partial charge on any atom is -0.399 e. The van der Waals surface area contributed by atoms with Crippen LogP contribution in [0.15, 0.2) is 48.8 Å². The van der Waals surface area contributed by atoms with Crippen LogP contribution in [0.2, 0.25) is 0 Å². The molecule has 1 atom stereocenters. The minimum atomic E-state index is -0.994. The first-order chi connectivity index (χ1) is 9.68. The maximum atomic E-state index is 11.3. The van der Waals surface area contributed by atoms with E-state index >= 15 is 0 Å². The third-order valence-electron chi connectivity index (χ3n) is 4.11. The average molecular weight is 268 g/mol. The third kappa shape index (κ3) is 2.68. The molecule has 3 nitrogen and oxygen atoms in total. The first-order valence-electron chi connectivity index (χ1n) is 7.17. The molecule has 3 rings (SSSR count). The van der Waals surface area contributed by atoms with Crippen LogP contribution in [0.5, 0.6) is 0 Å². The SMILES string of the molecule is Nc1cccc([C@](O)(CCC2CC2)c2cccnc2)c1. The molecule has 0 saturated heterocycles. The summed E-state index contributed by atoms with van der Waals surface area (Å²) in [6, 6.07) is 11.3. The minimum absolute atomic E-state index is 0.677. The van der Waals surface area contributed by atoms with E-state index in [1.54, 1.807) is 12.4 Å². The first-order valence-corrected chi connectivity index (χ1v) is 7.17. The summed E-state index contributed by atoms with van der Waals surface area (Å²) in [5.41, 5.74) is 7.25. The molecule has 1 saturated carbocycles. The van der Waals surface area contributed by atoms with E-state index in [1.807, 2.05) is 36.4 Å². The molecular weight excluding hydrogens is 248 g/mol. The predicted octanol–water partition coefficient (Wildman–Crippen LogP) is 3.09. The third-order valence-corrected chi connectivity index (χ3v) is 4.11. The lowest BCUT2D eigenvalue weighted by molar-refractivity contribution is 0.0667. The lowest BCUT2D eigenvalue weighted by Crippen LogP contribution is -2.27. The Hall–Kier alpha value is -1.87. The van der Waals surface area contributed by atoms with Crippen molar-refractivity contribution in [2.75, 3.05) is 5.73 Å². The second-order valence-corrected chi connectivity index (χ2v) is 5.71. The Bertz CT molecular complexity index is 581. The van der Waals surface area contributed by atoms with Gasteiger partial charge in [-0.15, -0.1) is 0 Å². The van der Waals surface area contributed by atoms with Gasteiger partial charge in [-0.05, 0) is 42.5 Å². The molecule has 2 aromatic rings. The van der Waals surface area contributed by atoms with Gasteiger partial charge in [0.25, 0.3) is 0 Å². The summed E-state index contributed by atoms with van der Waals surface area (Å²) in [4.78, 5) is 4.15. The number of hydrogen-bond acceptors (Lipinski definition) is 3. The normalized spacial score (nSPS) is 17.6. The molecule has 104 valence electrons. The topological polar surface area (TPSA) is 59.1 Å². The molecule has 0 bridgehead atoms. The zero-order valence-electron chi connectivity index (χ0n) is 11.5. The van der Waals surface area contributed by atoms with Gasteiger partial charge >= 0.3 is 0 Å². The molecule has 1 aromatic carbocycles. The molecular formula is C17H20N2O. The van der Waals surface area contributed by atoms with Gasteiger partial charge in [0.05, 0.1) is 0 Å². The van der Waals surface area contributed by atoms with Gasteiger partial charge in [-0.1, -0.05) is 31.0 Å². The zero-order valence-corrected chi connectivity index (χ0v) is 11.5. The van der Waals surface area contributed by atoms with Crippen molar-refractivity contribution in [3.8, 4) is 0 Å². The van der Waals surface area contributed by atoms with Crippen molar-refractivity contribution >= 4 is 5.69 Å². The Kier molecular flexibility index (Phi) is 3.45. The van der Waals surface area contributed by atoms with Crippen LogP contribution in [0.1, 0.15) is 36.8 Å². The maximum Gasteiger partial charge on any atom is 0.116 e. The van der Waals surface area contributed by atoms with Crippen molar-refractivity contribution in [3.05, 3.63) is 59.9 Å². The van der Waals surface area contributed by atoms with Crippen LogP contribution in [0.3, 0.4) is 0 Å². The smallest absolute Gasteiger partial charge is 0.116 e. The van der Waals surface area contributed by atoms with Crippen LogP contribution in [0, 0.1) is 5.92 Å². The highest BCUT2D eigenvalue weighted by atomic mass is 16.3. The highest BCUT2D eigenvalue weighted by molar-refractivity contribution is 5.45. The standard InChI is InChI=1S/C17H20N2O/c18-16-5-1-3-14(11-16)17(20,9-8-13-6-7-13)15-4-2-10-19-12-15/h1-5,10-13,20H,6-9,18H2/t17-/m1/s1. The summed E-state index contributed by atoms with van der Waals surface area (Å²) < 4.78 is 0. The van der Waals surface area contributed by atoms with Gasteiger partial charge in [-0.2, -0.15) is 0 Å². The van der Waals surface area contributed by atoms with E-state index in [1.165, 1.54) is 12.8 Å². The monoisotopic (exact) mass is 268 g/mol. The Morgan fingerprint density at radius 2 is 2.00 bits per heavy atom. The number of nitrogens with two attached hydrogens (primary N) is 1. The summed E-state index contributed by atoms with van der Waals surface area (Å²) in [7, 11) is 0. The number of aromatic nitrogens is 1. The molecule has 1 heterocycles. The number of aliphatic hydroxyl groups is 1. The van der Waals surface area contributed by atoms with E-state index in [-0.39, 0.29) is 0 Å². The molecule has 1 aliphatic rings. The van der Waals surface area contributed by atoms with E-state index in [9.17, 15) is 5.11 Å². The fourth-order valence-electron chi connectivity index (χ4n) is 2.68. The van der Waals surface area contributed by atoms with Gasteiger partial charge < -0.3 is 10.8 Å². The van der Waals surface area contributed by atoms with E-state index in [4.69, 9.17) is 5.73 Å². The van der Waals surface area contributed by atoms with Gasteiger partial charge in [0.1, 0.15) is 5.60 Å². The molecule has 0 aliphatic heterocycles. The summed E-state index contributed by atoms with van der Waals surface area (Å²) in [5, 5.41) is 11.3. The largest absolute Gasteiger partial charge is 0.399 e. The fourth-order valence-corrected chi connectivity index (χ4v) is 2.68. The number of rotatable bonds is 5. The van der Waals surface area contributed by atoms with E-state index in [0.29, 0.717) is 12.1 Å². The predicted molar refractivity (Wildman–Crippen MR) is 80.0 cm³/mol. The van der Waals surface area contributed by atoms with Crippen LogP contribution >= 0.6 is 0 Å². The van der Waals surface area contributed by atoms with Crippen molar-refractivity contribution in [2.24, 2.45) is 5.92 Å². The Morgan fingerprint density at radius 3 is 2.65 bits per heavy atom. The molecule has 3 heteroatoms. The Balaban J connectivity index is 1.97. The number of nitrogen functional groups attached to an aromatic ring is 1. The van der Waals surface area contributed by atoms with Crippen LogP contribution in [-0.4, -0.2) is 10.1 Å². The van der Waals surface area contributed by atoms with Gasteiger partial charge in [0.2, 0.25) is 0 Å². The van der Waals surface area contributed by atoms with Crippen LogP contribution < -0.4 is 5.73 Å². The van der Waals surface area contributed by atoms with Crippen molar-refractivity contribution in [2.45, 2.75) is 31.3 Å². The number of benzene rings is 1. The summed E-state index contributed by atoms with van der Waals surface area (Å²) >= 11 is 0. The van der Waals surface area contributed by atoms with Crippen molar-refractivity contribution in [3.63, 3.8) is 0 Å². The quantitative estimate of drug-likeness (QED) is 0.819. The van der Waals surface area contributed by atoms with Crippen molar-refractivity contribution < 1.29 is 5.11 Å². The van der Waals surface area contributed by atoms with Crippen molar-refractivity contribution in [1.82, 2.24) is 4.98 Å². The summed E-state index contributed by atoms with van der Waals surface area (Å²) in [6.07, 6.45) is 7.81.